The third-order valence-electron chi connectivity index (χ3n) is 2.50. The summed E-state index contributed by atoms with van der Waals surface area (Å²) in [5.74, 6) is -1.17. The van der Waals surface area contributed by atoms with Gasteiger partial charge in [0, 0.05) is 17.6 Å². The second kappa shape index (κ2) is 7.16. The summed E-state index contributed by atoms with van der Waals surface area (Å²) in [5, 5.41) is 8.99. The van der Waals surface area contributed by atoms with Crippen molar-refractivity contribution in [2.75, 3.05) is 19.8 Å². The lowest BCUT2D eigenvalue weighted by Crippen LogP contribution is -2.28. The molecule has 8 heteroatoms. The van der Waals surface area contributed by atoms with Crippen molar-refractivity contribution in [1.29, 1.82) is 0 Å². The lowest BCUT2D eigenvalue weighted by Gasteiger charge is -2.11. The van der Waals surface area contributed by atoms with E-state index in [1.54, 1.807) is 6.92 Å². The number of benzene rings is 1. The molecule has 1 aromatic rings. The first-order chi connectivity index (χ1) is 9.29. The third-order valence-corrected chi connectivity index (χ3v) is 5.30. The highest BCUT2D eigenvalue weighted by atomic mass is 79.9. The van der Waals surface area contributed by atoms with Crippen LogP contribution in [-0.4, -0.2) is 39.3 Å². The molecule has 2 N–H and O–H groups in total. The second-order valence-corrected chi connectivity index (χ2v) is 6.53. The molecule has 0 aliphatic rings. The average Bonchev–Trinajstić information content (AvgIpc) is 2.37. The molecule has 0 aromatic heterocycles. The maximum Gasteiger partial charge on any atom is 0.335 e. The summed E-state index contributed by atoms with van der Waals surface area (Å²) in [6, 6.07) is 2.54. The molecule has 6 nitrogen and oxygen atoms in total. The molecule has 112 valence electrons. The molecule has 0 fully saturated rings. The minimum Gasteiger partial charge on any atom is -0.478 e. The number of aromatic carboxylic acids is 1. The van der Waals surface area contributed by atoms with Gasteiger partial charge in [0.2, 0.25) is 10.0 Å². The summed E-state index contributed by atoms with van der Waals surface area (Å²) in [6.45, 7) is 4.32. The standard InChI is InChI=1S/C12H16BrNO5S/c1-3-19-5-4-14-20(17,18)10-7-9(12(15)16)6-8(2)11(10)13/h6-7,14H,3-5H2,1-2H3,(H,15,16). The number of sulfonamides is 1. The maximum absolute atomic E-state index is 12.2. The highest BCUT2D eigenvalue weighted by Gasteiger charge is 2.21. The minimum atomic E-state index is -3.79. The van der Waals surface area contributed by atoms with Crippen LogP contribution in [0, 0.1) is 6.92 Å². The molecule has 0 aliphatic heterocycles. The zero-order chi connectivity index (χ0) is 15.3. The molecule has 0 spiro atoms. The van der Waals surface area contributed by atoms with E-state index in [1.807, 2.05) is 6.92 Å². The van der Waals surface area contributed by atoms with Gasteiger partial charge in [-0.15, -0.1) is 0 Å². The Morgan fingerprint density at radius 2 is 2.10 bits per heavy atom. The van der Waals surface area contributed by atoms with Crippen molar-refractivity contribution >= 4 is 31.9 Å². The molecule has 0 radical (unpaired) electrons. The highest BCUT2D eigenvalue weighted by molar-refractivity contribution is 9.10. The first kappa shape index (κ1) is 17.1. The zero-order valence-corrected chi connectivity index (χ0v) is 13.5. The smallest absolute Gasteiger partial charge is 0.335 e. The summed E-state index contributed by atoms with van der Waals surface area (Å²) >= 11 is 3.18. The van der Waals surface area contributed by atoms with Crippen LogP contribution in [0.3, 0.4) is 0 Å². The fraction of sp³-hybridized carbons (Fsp3) is 0.417. The number of hydrogen-bond donors (Lipinski definition) is 2. The van der Waals surface area contributed by atoms with Crippen LogP contribution in [0.1, 0.15) is 22.8 Å². The van der Waals surface area contributed by atoms with Gasteiger partial charge in [-0.3, -0.25) is 0 Å². The maximum atomic E-state index is 12.2. The van der Waals surface area contributed by atoms with Crippen LogP contribution in [0.4, 0.5) is 0 Å². The third kappa shape index (κ3) is 4.27. The van der Waals surface area contributed by atoms with Gasteiger partial charge in [-0.05, 0) is 47.5 Å². The first-order valence-corrected chi connectivity index (χ1v) is 8.18. The Hall–Kier alpha value is -0.960. The number of carboxylic acid groups (broad SMARTS) is 1. The van der Waals surface area contributed by atoms with E-state index in [0.717, 1.165) is 6.07 Å². The number of nitrogens with one attached hydrogen (secondary N) is 1. The zero-order valence-electron chi connectivity index (χ0n) is 11.1. The molecule has 0 saturated carbocycles. The summed E-state index contributed by atoms with van der Waals surface area (Å²) in [6.07, 6.45) is 0. The summed E-state index contributed by atoms with van der Waals surface area (Å²) in [7, 11) is -3.79. The Bertz CT molecular complexity index is 600. The normalized spacial score (nSPS) is 11.6. The van der Waals surface area contributed by atoms with Crippen molar-refractivity contribution < 1.29 is 23.1 Å². The molecule has 0 heterocycles. The van der Waals surface area contributed by atoms with Crippen molar-refractivity contribution in [3.05, 3.63) is 27.7 Å². The number of rotatable bonds is 7. The number of halogens is 1. The molecule has 1 aromatic carbocycles. The Balaban J connectivity index is 3.07. The van der Waals surface area contributed by atoms with Gasteiger partial charge in [-0.2, -0.15) is 0 Å². The highest BCUT2D eigenvalue weighted by Crippen LogP contribution is 2.27. The molecule has 0 saturated heterocycles. The predicted octanol–water partition coefficient (Wildman–Crippen LogP) is 1.77. The van der Waals surface area contributed by atoms with Crippen LogP contribution < -0.4 is 4.72 Å². The average molecular weight is 366 g/mol. The van der Waals surface area contributed by atoms with Crippen molar-refractivity contribution in [1.82, 2.24) is 4.72 Å². The van der Waals surface area contributed by atoms with Gasteiger partial charge in [0.1, 0.15) is 0 Å². The van der Waals surface area contributed by atoms with E-state index in [9.17, 15) is 13.2 Å². The Morgan fingerprint density at radius 3 is 2.65 bits per heavy atom. The van der Waals surface area contributed by atoms with Crippen LogP contribution in [0.25, 0.3) is 0 Å². The van der Waals surface area contributed by atoms with Crippen molar-refractivity contribution in [3.8, 4) is 0 Å². The van der Waals surface area contributed by atoms with Gasteiger partial charge in [-0.1, -0.05) is 0 Å². The SMILES string of the molecule is CCOCCNS(=O)(=O)c1cc(C(=O)O)cc(C)c1Br. The fourth-order valence-electron chi connectivity index (χ4n) is 1.53. The quantitative estimate of drug-likeness (QED) is 0.718. The van der Waals surface area contributed by atoms with E-state index in [4.69, 9.17) is 9.84 Å². The Kier molecular flexibility index (Phi) is 6.12. The Labute approximate surface area is 126 Å². The van der Waals surface area contributed by atoms with Gasteiger partial charge < -0.3 is 9.84 Å². The summed E-state index contributed by atoms with van der Waals surface area (Å²) in [5.41, 5.74) is 0.464. The van der Waals surface area contributed by atoms with Gasteiger partial charge in [0.15, 0.2) is 0 Å². The molecule has 0 bridgehead atoms. The lowest BCUT2D eigenvalue weighted by molar-refractivity contribution is 0.0696. The molecule has 0 atom stereocenters. The Morgan fingerprint density at radius 1 is 1.45 bits per heavy atom. The van der Waals surface area contributed by atoms with E-state index < -0.39 is 16.0 Å². The van der Waals surface area contributed by atoms with E-state index in [2.05, 4.69) is 20.7 Å². The van der Waals surface area contributed by atoms with Gasteiger partial charge >= 0.3 is 5.97 Å². The van der Waals surface area contributed by atoms with Crippen LogP contribution >= 0.6 is 15.9 Å². The van der Waals surface area contributed by atoms with Crippen LogP contribution in [-0.2, 0) is 14.8 Å². The van der Waals surface area contributed by atoms with Crippen molar-refractivity contribution in [2.45, 2.75) is 18.7 Å². The monoisotopic (exact) mass is 365 g/mol. The van der Waals surface area contributed by atoms with Crippen molar-refractivity contribution in [2.24, 2.45) is 0 Å². The fourth-order valence-corrected chi connectivity index (χ4v) is 3.58. The largest absolute Gasteiger partial charge is 0.478 e. The van der Waals surface area contributed by atoms with Crippen molar-refractivity contribution in [3.63, 3.8) is 0 Å². The van der Waals surface area contributed by atoms with Crippen LogP contribution in [0.15, 0.2) is 21.5 Å². The van der Waals surface area contributed by atoms with Gasteiger partial charge in [-0.25, -0.2) is 17.9 Å². The molecule has 0 aliphatic carbocycles. The first-order valence-electron chi connectivity index (χ1n) is 5.90. The number of ether oxygens (including phenoxy) is 1. The van der Waals surface area contributed by atoms with Gasteiger partial charge in [0.25, 0.3) is 0 Å². The summed E-state index contributed by atoms with van der Waals surface area (Å²) in [4.78, 5) is 10.9. The number of carbonyl (C=O) groups is 1. The minimum absolute atomic E-state index is 0.0733. The molecule has 0 unspecified atom stereocenters. The van der Waals surface area contributed by atoms with E-state index >= 15 is 0 Å². The number of aryl methyl sites for hydroxylation is 1. The van der Waals surface area contributed by atoms with Crippen LogP contribution in [0.5, 0.6) is 0 Å². The lowest BCUT2D eigenvalue weighted by atomic mass is 10.1. The molecular weight excluding hydrogens is 350 g/mol. The molecule has 20 heavy (non-hydrogen) atoms. The predicted molar refractivity (Wildman–Crippen MR) is 77.5 cm³/mol. The topological polar surface area (TPSA) is 92.7 Å². The second-order valence-electron chi connectivity index (χ2n) is 4.01. The summed E-state index contributed by atoms with van der Waals surface area (Å²) < 4.78 is 32.1. The van der Waals surface area contributed by atoms with Crippen LogP contribution in [0.2, 0.25) is 0 Å². The number of hydrogen-bond acceptors (Lipinski definition) is 4. The molecular formula is C12H16BrNO5S. The van der Waals surface area contributed by atoms with E-state index in [0.29, 0.717) is 16.6 Å². The number of carboxylic acids is 1. The molecule has 0 amide bonds. The van der Waals surface area contributed by atoms with Gasteiger partial charge in [0.05, 0.1) is 17.1 Å². The van der Waals surface area contributed by atoms with E-state index in [1.165, 1.54) is 6.07 Å². The molecule has 1 rings (SSSR count). The van der Waals surface area contributed by atoms with E-state index in [-0.39, 0.29) is 23.6 Å².